The van der Waals surface area contributed by atoms with Crippen LogP contribution in [-0.2, 0) is 4.74 Å². The summed E-state index contributed by atoms with van der Waals surface area (Å²) < 4.78 is 5.83. The molecule has 5 heterocycles. The minimum atomic E-state index is 0.0925. The average Bonchev–Trinajstić information content (AvgIpc) is 3.09. The lowest BCUT2D eigenvalue weighted by molar-refractivity contribution is 0.0974. The molecule has 2 atom stereocenters. The smallest absolute Gasteiger partial charge is 0.179 e. The van der Waals surface area contributed by atoms with Crippen molar-refractivity contribution in [2.45, 2.75) is 41.8 Å². The minimum Gasteiger partial charge on any atom is -0.376 e. The number of hydrogen-bond acceptors (Lipinski definition) is 9. The second kappa shape index (κ2) is 8.62. The van der Waals surface area contributed by atoms with Gasteiger partial charge in [0.15, 0.2) is 5.65 Å². The highest BCUT2D eigenvalue weighted by atomic mass is 35.5. The van der Waals surface area contributed by atoms with Gasteiger partial charge in [0.2, 0.25) is 0 Å². The maximum Gasteiger partial charge on any atom is 0.179 e. The van der Waals surface area contributed by atoms with Crippen LogP contribution in [0.5, 0.6) is 0 Å². The fourth-order valence-electron chi connectivity index (χ4n) is 4.53. The maximum atomic E-state index is 6.44. The summed E-state index contributed by atoms with van der Waals surface area (Å²) in [6, 6.07) is 5.89. The molecule has 3 aromatic heterocycles. The van der Waals surface area contributed by atoms with Crippen molar-refractivity contribution in [3.05, 3.63) is 35.6 Å². The SMILES string of the molecule is CNc1nccc(Sc2ccc3nc(N4CCC5(CC4)CO[C@@H](C)[C@H]5N)cnc3n2)c1Cl. The van der Waals surface area contributed by atoms with E-state index in [4.69, 9.17) is 27.1 Å². The molecule has 0 unspecified atom stereocenters. The Morgan fingerprint density at radius 1 is 1.22 bits per heavy atom. The number of rotatable bonds is 4. The Kier molecular flexibility index (Phi) is 5.83. The van der Waals surface area contributed by atoms with Crippen LogP contribution in [-0.4, -0.2) is 58.8 Å². The second-order valence-electron chi connectivity index (χ2n) is 8.44. The lowest BCUT2D eigenvalue weighted by Crippen LogP contribution is -2.50. The van der Waals surface area contributed by atoms with E-state index < -0.39 is 0 Å². The van der Waals surface area contributed by atoms with Crippen LogP contribution in [0.25, 0.3) is 11.2 Å². The number of nitrogens with two attached hydrogens (primary N) is 1. The Morgan fingerprint density at radius 3 is 2.75 bits per heavy atom. The lowest BCUT2D eigenvalue weighted by atomic mass is 9.73. The van der Waals surface area contributed by atoms with E-state index in [1.165, 1.54) is 11.8 Å². The predicted octanol–water partition coefficient (Wildman–Crippen LogP) is 3.60. The summed E-state index contributed by atoms with van der Waals surface area (Å²) in [5.74, 6) is 1.52. The van der Waals surface area contributed by atoms with Gasteiger partial charge in [0, 0.05) is 42.7 Å². The van der Waals surface area contributed by atoms with Crippen molar-refractivity contribution < 1.29 is 4.74 Å². The van der Waals surface area contributed by atoms with Gasteiger partial charge in [-0.3, -0.25) is 0 Å². The van der Waals surface area contributed by atoms with Crippen LogP contribution in [0.1, 0.15) is 19.8 Å². The third kappa shape index (κ3) is 3.87. The minimum absolute atomic E-state index is 0.0925. The Labute approximate surface area is 196 Å². The van der Waals surface area contributed by atoms with Gasteiger partial charge in [0.1, 0.15) is 22.2 Å². The quantitative estimate of drug-likeness (QED) is 0.590. The molecule has 0 radical (unpaired) electrons. The van der Waals surface area contributed by atoms with Gasteiger partial charge in [0.25, 0.3) is 0 Å². The van der Waals surface area contributed by atoms with Crippen LogP contribution >= 0.6 is 23.4 Å². The highest BCUT2D eigenvalue weighted by molar-refractivity contribution is 7.99. The molecule has 2 aliphatic heterocycles. The fraction of sp³-hybridized carbons (Fsp3) is 0.455. The second-order valence-corrected chi connectivity index (χ2v) is 9.88. The van der Waals surface area contributed by atoms with Crippen molar-refractivity contribution in [3.63, 3.8) is 0 Å². The summed E-state index contributed by atoms with van der Waals surface area (Å²) in [5, 5.41) is 4.37. The Hall–Kier alpha value is -2.20. The third-order valence-electron chi connectivity index (χ3n) is 6.60. The zero-order chi connectivity index (χ0) is 22.3. The first-order valence-corrected chi connectivity index (χ1v) is 11.9. The Morgan fingerprint density at radius 2 is 2.03 bits per heavy atom. The monoisotopic (exact) mass is 471 g/mol. The van der Waals surface area contributed by atoms with E-state index in [-0.39, 0.29) is 17.6 Å². The average molecular weight is 472 g/mol. The van der Waals surface area contributed by atoms with E-state index in [0.29, 0.717) is 16.5 Å². The normalized spacial score (nSPS) is 22.6. The van der Waals surface area contributed by atoms with E-state index in [2.05, 4.69) is 32.1 Å². The van der Waals surface area contributed by atoms with Crippen molar-refractivity contribution in [2.24, 2.45) is 11.1 Å². The van der Waals surface area contributed by atoms with Gasteiger partial charge in [0.05, 0.1) is 23.9 Å². The third-order valence-corrected chi connectivity index (χ3v) is 8.09. The van der Waals surface area contributed by atoms with Gasteiger partial charge in [-0.15, -0.1) is 0 Å². The molecule has 8 nitrogen and oxygen atoms in total. The van der Waals surface area contributed by atoms with Crippen molar-refractivity contribution in [3.8, 4) is 0 Å². The standard InChI is InChI=1S/C22H26ClN7OS/c1-13-19(24)22(12-31-13)6-9-30(10-7-22)16-11-27-20-14(28-16)3-4-17(29-20)32-15-5-8-26-21(25-2)18(15)23/h3-5,8,11,13,19H,6-7,9-10,12,24H2,1-2H3,(H,25,26)/t13-,19+/m0/s1. The molecule has 0 amide bonds. The molecule has 0 aliphatic carbocycles. The molecule has 2 fully saturated rings. The lowest BCUT2D eigenvalue weighted by Gasteiger charge is -2.41. The summed E-state index contributed by atoms with van der Waals surface area (Å²) in [7, 11) is 1.79. The summed E-state index contributed by atoms with van der Waals surface area (Å²) in [4.78, 5) is 21.5. The van der Waals surface area contributed by atoms with Crippen LogP contribution < -0.4 is 16.0 Å². The van der Waals surface area contributed by atoms with Gasteiger partial charge < -0.3 is 20.7 Å². The van der Waals surface area contributed by atoms with Crippen LogP contribution in [0.4, 0.5) is 11.6 Å². The first kappa shape index (κ1) is 21.6. The highest BCUT2D eigenvalue weighted by Gasteiger charge is 2.47. The van der Waals surface area contributed by atoms with Crippen LogP contribution in [0.15, 0.2) is 40.5 Å². The highest BCUT2D eigenvalue weighted by Crippen LogP contribution is 2.42. The molecule has 3 N–H and O–H groups in total. The predicted molar refractivity (Wildman–Crippen MR) is 128 cm³/mol. The number of halogens is 1. The molecule has 2 saturated heterocycles. The summed E-state index contributed by atoms with van der Waals surface area (Å²) >= 11 is 7.90. The molecular formula is C22H26ClN7OS. The van der Waals surface area contributed by atoms with E-state index >= 15 is 0 Å². The van der Waals surface area contributed by atoms with E-state index in [1.54, 1.807) is 13.2 Å². The van der Waals surface area contributed by atoms with Gasteiger partial charge in [-0.25, -0.2) is 19.9 Å². The number of ether oxygens (including phenoxy) is 1. The fourth-order valence-corrected chi connectivity index (χ4v) is 5.66. The van der Waals surface area contributed by atoms with Gasteiger partial charge in [-0.2, -0.15) is 0 Å². The maximum absolute atomic E-state index is 6.44. The number of nitrogens with zero attached hydrogens (tertiary/aromatic N) is 5. The number of anilines is 2. The van der Waals surface area contributed by atoms with Crippen LogP contribution in [0, 0.1) is 5.41 Å². The Balaban J connectivity index is 1.32. The largest absolute Gasteiger partial charge is 0.376 e. The number of nitrogens with one attached hydrogen (secondary N) is 1. The molecule has 168 valence electrons. The topological polar surface area (TPSA) is 102 Å². The summed E-state index contributed by atoms with van der Waals surface area (Å²) in [6.45, 7) is 4.63. The summed E-state index contributed by atoms with van der Waals surface area (Å²) in [6.07, 6.45) is 5.68. The Bertz CT molecular complexity index is 1140. The van der Waals surface area contributed by atoms with E-state index in [9.17, 15) is 0 Å². The molecule has 0 bridgehead atoms. The van der Waals surface area contributed by atoms with Gasteiger partial charge in [-0.05, 0) is 38.0 Å². The van der Waals surface area contributed by atoms with Crippen molar-refractivity contribution in [1.29, 1.82) is 0 Å². The molecule has 0 aromatic carbocycles. The first-order valence-electron chi connectivity index (χ1n) is 10.8. The molecule has 0 saturated carbocycles. The molecule has 5 rings (SSSR count). The zero-order valence-corrected chi connectivity index (χ0v) is 19.7. The van der Waals surface area contributed by atoms with Crippen molar-refractivity contribution in [1.82, 2.24) is 19.9 Å². The molecular weight excluding hydrogens is 446 g/mol. The molecule has 1 spiro atoms. The van der Waals surface area contributed by atoms with E-state index in [0.717, 1.165) is 53.8 Å². The summed E-state index contributed by atoms with van der Waals surface area (Å²) in [5.41, 5.74) is 7.93. The van der Waals surface area contributed by atoms with Gasteiger partial charge in [-0.1, -0.05) is 23.4 Å². The van der Waals surface area contributed by atoms with Crippen molar-refractivity contribution >= 4 is 46.2 Å². The number of piperidine rings is 1. The van der Waals surface area contributed by atoms with Crippen molar-refractivity contribution in [2.75, 3.05) is 37.0 Å². The number of hydrogen-bond donors (Lipinski definition) is 2. The number of pyridine rings is 2. The van der Waals surface area contributed by atoms with E-state index in [1.807, 2.05) is 24.4 Å². The molecule has 10 heteroatoms. The number of aromatic nitrogens is 4. The molecule has 3 aromatic rings. The van der Waals surface area contributed by atoms with Crippen LogP contribution in [0.3, 0.4) is 0 Å². The first-order chi connectivity index (χ1) is 15.5. The number of fused-ring (bicyclic) bond motifs is 1. The van der Waals surface area contributed by atoms with Gasteiger partial charge >= 0.3 is 0 Å². The molecule has 32 heavy (non-hydrogen) atoms. The molecule has 2 aliphatic rings. The zero-order valence-electron chi connectivity index (χ0n) is 18.1. The van der Waals surface area contributed by atoms with Crippen LogP contribution in [0.2, 0.25) is 5.02 Å².